The lowest BCUT2D eigenvalue weighted by Crippen LogP contribution is -1.69. The molecular formula is CH8N2O8P2. The largest absolute Gasteiger partial charge is 0.466 e. The highest BCUT2D eigenvalue weighted by Crippen LogP contribution is 2.26. The lowest BCUT2D eigenvalue weighted by Gasteiger charge is -1.82. The fourth-order valence-electron chi connectivity index (χ4n) is 0. The summed E-state index contributed by atoms with van der Waals surface area (Å²) in [5, 5.41) is 7.10. The fraction of sp³-hybridized carbons (Fsp3) is 0. The van der Waals surface area contributed by atoms with Crippen LogP contribution in [0.3, 0.4) is 0 Å². The second-order valence-corrected chi connectivity index (χ2v) is 3.21. The molecule has 0 aliphatic carbocycles. The molecule has 0 radical (unpaired) electrons. The molecule has 12 heteroatoms. The Morgan fingerprint density at radius 1 is 0.923 bits per heavy atom. The molecule has 0 aromatic carbocycles. The average molecular weight is 238 g/mol. The third-order valence-electron chi connectivity index (χ3n) is 0. The number of nitriles is 1. The van der Waals surface area contributed by atoms with Crippen LogP contribution >= 0.6 is 15.6 Å². The molecule has 0 fully saturated rings. The highest BCUT2D eigenvalue weighted by Gasteiger charge is 2.00. The normalized spacial score (nSPS) is 9.62. The van der Waals surface area contributed by atoms with Crippen molar-refractivity contribution in [2.45, 2.75) is 0 Å². The zero-order chi connectivity index (χ0) is 11.7. The molecule has 0 aliphatic heterocycles. The Morgan fingerprint density at radius 2 is 0.923 bits per heavy atom. The van der Waals surface area contributed by atoms with Crippen molar-refractivity contribution < 1.29 is 38.5 Å². The maximum absolute atomic E-state index is 8.88. The number of hydrogen-bond acceptors (Lipinski definition) is 4. The minimum absolute atomic E-state index is 1.25. The Labute approximate surface area is 72.3 Å². The van der Waals surface area contributed by atoms with E-state index in [0.717, 1.165) is 0 Å². The average Bonchev–Trinajstić information content (AvgIpc) is 1.52. The van der Waals surface area contributed by atoms with Crippen LogP contribution in [0.2, 0.25) is 0 Å². The van der Waals surface area contributed by atoms with Crippen molar-refractivity contribution in [2.24, 2.45) is 5.73 Å². The van der Waals surface area contributed by atoms with E-state index in [1.54, 1.807) is 0 Å². The van der Waals surface area contributed by atoms with Crippen LogP contribution in [0.1, 0.15) is 0 Å². The van der Waals surface area contributed by atoms with E-state index in [1.165, 1.54) is 6.19 Å². The molecule has 0 saturated heterocycles. The standard InChI is InChI=1S/CH2N2.2H3O4P/c2-1-3;2*1-5(2,3)4/h2H2;2*(H3,1,2,3,4). The zero-order valence-electron chi connectivity index (χ0n) is 5.92. The Balaban J connectivity index is -0.000000120. The van der Waals surface area contributed by atoms with Gasteiger partial charge >= 0.3 is 15.6 Å². The summed E-state index contributed by atoms with van der Waals surface area (Å²) in [6.07, 6.45) is 1.25. The van der Waals surface area contributed by atoms with E-state index in [4.69, 9.17) is 43.8 Å². The highest BCUT2D eigenvalue weighted by atomic mass is 31.2. The molecule has 13 heavy (non-hydrogen) atoms. The highest BCUT2D eigenvalue weighted by molar-refractivity contribution is 7.45. The minimum atomic E-state index is -4.64. The number of nitrogens with two attached hydrogens (primary N) is 1. The molecule has 80 valence electrons. The number of rotatable bonds is 0. The fourth-order valence-corrected chi connectivity index (χ4v) is 0. The topological polar surface area (TPSA) is 205 Å². The summed E-state index contributed by atoms with van der Waals surface area (Å²) in [4.78, 5) is 43.1. The molecular weight excluding hydrogens is 230 g/mol. The molecule has 0 spiro atoms. The van der Waals surface area contributed by atoms with Gasteiger partial charge < -0.3 is 35.1 Å². The third-order valence-corrected chi connectivity index (χ3v) is 0. The lowest BCUT2D eigenvalue weighted by atomic mass is 11.5. The first-order chi connectivity index (χ1) is 5.41. The molecule has 0 saturated carbocycles. The molecule has 0 aliphatic rings. The molecule has 0 aromatic heterocycles. The van der Waals surface area contributed by atoms with Crippen molar-refractivity contribution in [1.82, 2.24) is 0 Å². The Hall–Kier alpha value is -0.490. The van der Waals surface area contributed by atoms with E-state index in [2.05, 4.69) is 5.73 Å². The van der Waals surface area contributed by atoms with Crippen LogP contribution in [0, 0.1) is 11.5 Å². The van der Waals surface area contributed by atoms with Gasteiger partial charge in [0, 0.05) is 0 Å². The van der Waals surface area contributed by atoms with Crippen LogP contribution in [0.15, 0.2) is 0 Å². The first-order valence-corrected chi connectivity index (χ1v) is 5.21. The van der Waals surface area contributed by atoms with Gasteiger partial charge in [0.15, 0.2) is 6.19 Å². The van der Waals surface area contributed by atoms with Gasteiger partial charge in [-0.15, -0.1) is 0 Å². The molecule has 8 N–H and O–H groups in total. The van der Waals surface area contributed by atoms with E-state index >= 15 is 0 Å². The summed E-state index contributed by atoms with van der Waals surface area (Å²) in [6.45, 7) is 0. The van der Waals surface area contributed by atoms with Gasteiger partial charge in [0.25, 0.3) is 0 Å². The van der Waals surface area contributed by atoms with Gasteiger partial charge in [-0.05, 0) is 0 Å². The van der Waals surface area contributed by atoms with Gasteiger partial charge in [-0.3, -0.25) is 0 Å². The van der Waals surface area contributed by atoms with Crippen LogP contribution < -0.4 is 5.73 Å². The quantitative estimate of drug-likeness (QED) is 0.135. The molecule has 0 aromatic rings. The first-order valence-electron chi connectivity index (χ1n) is 2.08. The SMILES string of the molecule is N#CN.O=P(O)(O)O.O=P(O)(O)O. The second kappa shape index (κ2) is 8.12. The Bertz CT molecular complexity index is 194. The van der Waals surface area contributed by atoms with E-state index in [9.17, 15) is 0 Å². The number of nitrogens with zero attached hydrogens (tertiary/aromatic N) is 1. The summed E-state index contributed by atoms with van der Waals surface area (Å²) >= 11 is 0. The van der Waals surface area contributed by atoms with E-state index in [0.29, 0.717) is 0 Å². The molecule has 10 nitrogen and oxygen atoms in total. The monoisotopic (exact) mass is 238 g/mol. The second-order valence-electron chi connectivity index (χ2n) is 1.16. The zero-order valence-corrected chi connectivity index (χ0v) is 7.71. The maximum atomic E-state index is 8.88. The van der Waals surface area contributed by atoms with Gasteiger partial charge in [0.2, 0.25) is 0 Å². The summed E-state index contributed by atoms with van der Waals surface area (Å²) in [6, 6.07) is 0. The summed E-state index contributed by atoms with van der Waals surface area (Å²) in [5.41, 5.74) is 4.15. The number of hydrogen-bond donors (Lipinski definition) is 7. The van der Waals surface area contributed by atoms with Crippen LogP contribution in [0.25, 0.3) is 0 Å². The smallest absolute Gasteiger partial charge is 0.337 e. The predicted octanol–water partition coefficient (Wildman–Crippen LogP) is -2.43. The predicted molar refractivity (Wildman–Crippen MR) is 38.3 cm³/mol. The lowest BCUT2D eigenvalue weighted by molar-refractivity contribution is 0.272. The Kier molecular flexibility index (Phi) is 11.5. The van der Waals surface area contributed by atoms with Crippen LogP contribution in [-0.4, -0.2) is 29.4 Å². The molecule has 0 atom stereocenters. The molecule has 0 rings (SSSR count). The van der Waals surface area contributed by atoms with E-state index in [-0.39, 0.29) is 0 Å². The third kappa shape index (κ3) is 4340. The molecule has 0 bridgehead atoms. The minimum Gasteiger partial charge on any atom is -0.337 e. The van der Waals surface area contributed by atoms with Crippen molar-refractivity contribution in [3.05, 3.63) is 0 Å². The van der Waals surface area contributed by atoms with Gasteiger partial charge in [0.1, 0.15) is 0 Å². The van der Waals surface area contributed by atoms with Gasteiger partial charge in [-0.25, -0.2) is 9.13 Å². The van der Waals surface area contributed by atoms with Gasteiger partial charge in [0.05, 0.1) is 0 Å². The van der Waals surface area contributed by atoms with Gasteiger partial charge in [-0.2, -0.15) is 5.26 Å². The van der Waals surface area contributed by atoms with Crippen molar-refractivity contribution in [1.29, 1.82) is 5.26 Å². The summed E-state index contributed by atoms with van der Waals surface area (Å²) < 4.78 is 17.8. The van der Waals surface area contributed by atoms with Crippen molar-refractivity contribution in [3.63, 3.8) is 0 Å². The number of phosphoric acid groups is 2. The Morgan fingerprint density at radius 3 is 0.923 bits per heavy atom. The van der Waals surface area contributed by atoms with Crippen LogP contribution in [0.4, 0.5) is 0 Å². The van der Waals surface area contributed by atoms with E-state index < -0.39 is 15.6 Å². The maximum Gasteiger partial charge on any atom is 0.466 e. The van der Waals surface area contributed by atoms with Gasteiger partial charge in [-0.1, -0.05) is 0 Å². The van der Waals surface area contributed by atoms with Crippen molar-refractivity contribution in [3.8, 4) is 6.19 Å². The van der Waals surface area contributed by atoms with Crippen LogP contribution in [-0.2, 0) is 9.13 Å². The summed E-state index contributed by atoms with van der Waals surface area (Å²) in [5.74, 6) is 0. The molecule has 0 amide bonds. The summed E-state index contributed by atoms with van der Waals surface area (Å²) in [7, 11) is -9.28. The van der Waals surface area contributed by atoms with E-state index in [1.807, 2.05) is 0 Å². The molecule has 0 heterocycles. The van der Waals surface area contributed by atoms with Crippen LogP contribution in [0.5, 0.6) is 0 Å². The van der Waals surface area contributed by atoms with Crippen molar-refractivity contribution in [2.75, 3.05) is 0 Å². The molecule has 0 unspecified atom stereocenters. The first kappa shape index (κ1) is 18.3. The van der Waals surface area contributed by atoms with Crippen molar-refractivity contribution >= 4 is 15.6 Å².